The summed E-state index contributed by atoms with van der Waals surface area (Å²) in [4.78, 5) is 18.0. The lowest BCUT2D eigenvalue weighted by molar-refractivity contribution is 0.0796. The van der Waals surface area contributed by atoms with Crippen molar-refractivity contribution in [3.63, 3.8) is 0 Å². The van der Waals surface area contributed by atoms with Gasteiger partial charge in [0, 0.05) is 12.5 Å². The number of carbonyl (C=O) groups excluding carboxylic acids is 1. The molecular weight excluding hydrogens is 275 g/mol. The molecule has 0 saturated heterocycles. The minimum atomic E-state index is -0.790. The summed E-state index contributed by atoms with van der Waals surface area (Å²) in [5, 5.41) is 2.93. The molecule has 2 rings (SSSR count). The van der Waals surface area contributed by atoms with E-state index in [2.05, 4.69) is 15.3 Å². The van der Waals surface area contributed by atoms with Crippen LogP contribution in [-0.4, -0.2) is 28.2 Å². The van der Waals surface area contributed by atoms with E-state index in [0.717, 1.165) is 25.5 Å². The summed E-state index contributed by atoms with van der Waals surface area (Å²) in [5.41, 5.74) is 4.99. The molecule has 19 heavy (non-hydrogen) atoms. The number of rotatable bonds is 3. The van der Waals surface area contributed by atoms with Gasteiger partial charge < -0.3 is 15.8 Å². The Kier molecular flexibility index (Phi) is 4.36. The van der Waals surface area contributed by atoms with Crippen LogP contribution in [0.25, 0.3) is 0 Å². The smallest absolute Gasteiger partial charge is 0.404 e. The molecule has 8 heteroatoms. The molecule has 6 nitrogen and oxygen atoms in total. The van der Waals surface area contributed by atoms with E-state index in [-0.39, 0.29) is 23.2 Å². The van der Waals surface area contributed by atoms with Gasteiger partial charge in [0.2, 0.25) is 5.28 Å². The van der Waals surface area contributed by atoms with Crippen molar-refractivity contribution in [2.45, 2.75) is 37.8 Å². The Labute approximate surface area is 114 Å². The van der Waals surface area contributed by atoms with Crippen LogP contribution in [0, 0.1) is 5.82 Å². The monoisotopic (exact) mass is 288 g/mol. The predicted octanol–water partition coefficient (Wildman–Crippen LogP) is 2.09. The summed E-state index contributed by atoms with van der Waals surface area (Å²) < 4.78 is 18.4. The maximum Gasteiger partial charge on any atom is 0.404 e. The number of carbonyl (C=O) groups is 1. The van der Waals surface area contributed by atoms with Crippen LogP contribution in [0.4, 0.5) is 15.0 Å². The first kappa shape index (κ1) is 13.8. The average Bonchev–Trinajstić information content (AvgIpc) is 2.33. The first-order chi connectivity index (χ1) is 9.04. The van der Waals surface area contributed by atoms with E-state index in [4.69, 9.17) is 22.1 Å². The van der Waals surface area contributed by atoms with Gasteiger partial charge in [0.05, 0.1) is 6.20 Å². The highest BCUT2D eigenvalue weighted by Crippen LogP contribution is 2.24. The highest BCUT2D eigenvalue weighted by atomic mass is 35.5. The van der Waals surface area contributed by atoms with E-state index in [9.17, 15) is 9.18 Å². The van der Waals surface area contributed by atoms with Crippen molar-refractivity contribution in [1.29, 1.82) is 0 Å². The fourth-order valence-corrected chi connectivity index (χ4v) is 2.32. The third-order valence-corrected chi connectivity index (χ3v) is 3.15. The van der Waals surface area contributed by atoms with E-state index in [1.165, 1.54) is 0 Å². The van der Waals surface area contributed by atoms with Gasteiger partial charge in [0.25, 0.3) is 0 Å². The number of nitrogens with zero attached hydrogens (tertiary/aromatic N) is 2. The Morgan fingerprint density at radius 3 is 3.11 bits per heavy atom. The zero-order valence-corrected chi connectivity index (χ0v) is 10.9. The van der Waals surface area contributed by atoms with Crippen molar-refractivity contribution in [1.82, 2.24) is 9.97 Å². The number of primary amides is 1. The summed E-state index contributed by atoms with van der Waals surface area (Å²) in [5.74, 6) is -0.507. The molecule has 104 valence electrons. The van der Waals surface area contributed by atoms with Crippen molar-refractivity contribution < 1.29 is 13.9 Å². The maximum absolute atomic E-state index is 13.5. The van der Waals surface area contributed by atoms with Crippen LogP contribution in [0.2, 0.25) is 5.28 Å². The minimum absolute atomic E-state index is 0.0235. The van der Waals surface area contributed by atoms with Gasteiger partial charge in [-0.25, -0.2) is 14.2 Å². The molecule has 0 spiro atoms. The first-order valence-electron chi connectivity index (χ1n) is 5.95. The van der Waals surface area contributed by atoms with Gasteiger partial charge in [-0.15, -0.1) is 0 Å². The summed E-state index contributed by atoms with van der Waals surface area (Å²) >= 11 is 5.62. The lowest BCUT2D eigenvalue weighted by Gasteiger charge is -2.29. The molecule has 1 aromatic heterocycles. The Morgan fingerprint density at radius 1 is 1.58 bits per heavy atom. The molecule has 1 fully saturated rings. The Hall–Kier alpha value is -1.63. The number of ether oxygens (including phenoxy) is 1. The van der Waals surface area contributed by atoms with Crippen LogP contribution in [0.3, 0.4) is 0 Å². The molecule has 0 aliphatic heterocycles. The Balaban J connectivity index is 1.98. The molecule has 1 heterocycles. The average molecular weight is 289 g/mol. The number of hydrogen-bond donors (Lipinski definition) is 2. The first-order valence-corrected chi connectivity index (χ1v) is 6.33. The van der Waals surface area contributed by atoms with Crippen LogP contribution in [0.5, 0.6) is 0 Å². The third kappa shape index (κ3) is 3.92. The van der Waals surface area contributed by atoms with Crippen molar-refractivity contribution in [3.05, 3.63) is 17.3 Å². The van der Waals surface area contributed by atoms with Gasteiger partial charge >= 0.3 is 6.09 Å². The number of amides is 1. The van der Waals surface area contributed by atoms with Gasteiger partial charge in [-0.2, -0.15) is 4.98 Å². The quantitative estimate of drug-likeness (QED) is 0.831. The van der Waals surface area contributed by atoms with Crippen molar-refractivity contribution in [2.24, 2.45) is 5.73 Å². The molecular formula is C11H14ClFN4O2. The second kappa shape index (κ2) is 6.01. The largest absolute Gasteiger partial charge is 0.446 e. The van der Waals surface area contributed by atoms with Gasteiger partial charge in [-0.05, 0) is 30.9 Å². The zero-order chi connectivity index (χ0) is 13.8. The second-order valence-electron chi connectivity index (χ2n) is 4.40. The molecule has 1 amide bonds. The lowest BCUT2D eigenvalue weighted by atomic mass is 9.93. The standard InChI is InChI=1S/C11H14ClFN4O2/c12-10-15-5-8(13)9(17-10)16-6-2-1-3-7(4-6)19-11(14)18/h5-7H,1-4H2,(H2,14,18)(H,15,16,17). The van der Waals surface area contributed by atoms with Crippen LogP contribution in [-0.2, 0) is 4.74 Å². The topological polar surface area (TPSA) is 90.1 Å². The molecule has 1 saturated carbocycles. The second-order valence-corrected chi connectivity index (χ2v) is 4.74. The van der Waals surface area contributed by atoms with Crippen LogP contribution < -0.4 is 11.1 Å². The zero-order valence-electron chi connectivity index (χ0n) is 10.1. The van der Waals surface area contributed by atoms with Crippen LogP contribution >= 0.6 is 11.6 Å². The molecule has 3 N–H and O–H groups in total. The van der Waals surface area contributed by atoms with Gasteiger partial charge in [-0.1, -0.05) is 0 Å². The maximum atomic E-state index is 13.5. The van der Waals surface area contributed by atoms with E-state index in [1.54, 1.807) is 0 Å². The van der Waals surface area contributed by atoms with Gasteiger partial charge in [0.15, 0.2) is 11.6 Å². The number of aromatic nitrogens is 2. The van der Waals surface area contributed by atoms with E-state index in [0.29, 0.717) is 6.42 Å². The van der Waals surface area contributed by atoms with Crippen molar-refractivity contribution >= 4 is 23.5 Å². The highest BCUT2D eigenvalue weighted by molar-refractivity contribution is 6.28. The van der Waals surface area contributed by atoms with E-state index in [1.807, 2.05) is 0 Å². The number of halogens is 2. The molecule has 0 aromatic carbocycles. The summed E-state index contributed by atoms with van der Waals surface area (Å²) in [6, 6.07) is -0.0430. The molecule has 1 aliphatic carbocycles. The van der Waals surface area contributed by atoms with E-state index < -0.39 is 11.9 Å². The van der Waals surface area contributed by atoms with Crippen LogP contribution in [0.15, 0.2) is 6.20 Å². The number of nitrogens with one attached hydrogen (secondary N) is 1. The molecule has 2 atom stereocenters. The number of nitrogens with two attached hydrogens (primary N) is 1. The molecule has 2 unspecified atom stereocenters. The highest BCUT2D eigenvalue weighted by Gasteiger charge is 2.25. The summed E-state index contributed by atoms with van der Waals surface area (Å²) in [6.45, 7) is 0. The van der Waals surface area contributed by atoms with Crippen molar-refractivity contribution in [3.8, 4) is 0 Å². The van der Waals surface area contributed by atoms with Gasteiger partial charge in [0.1, 0.15) is 6.10 Å². The molecule has 0 bridgehead atoms. The minimum Gasteiger partial charge on any atom is -0.446 e. The normalized spacial score (nSPS) is 22.8. The lowest BCUT2D eigenvalue weighted by Crippen LogP contribution is -2.34. The summed E-state index contributed by atoms with van der Waals surface area (Å²) in [6.07, 6.45) is 2.98. The molecule has 1 aromatic rings. The predicted molar refractivity (Wildman–Crippen MR) is 67.3 cm³/mol. The third-order valence-electron chi connectivity index (χ3n) is 2.96. The van der Waals surface area contributed by atoms with Crippen molar-refractivity contribution in [2.75, 3.05) is 5.32 Å². The number of hydrogen-bond acceptors (Lipinski definition) is 5. The van der Waals surface area contributed by atoms with E-state index >= 15 is 0 Å². The Bertz CT molecular complexity index is 474. The van der Waals surface area contributed by atoms with Gasteiger partial charge in [-0.3, -0.25) is 0 Å². The Morgan fingerprint density at radius 2 is 2.37 bits per heavy atom. The fraction of sp³-hybridized carbons (Fsp3) is 0.545. The molecule has 1 aliphatic rings. The van der Waals surface area contributed by atoms with Crippen LogP contribution in [0.1, 0.15) is 25.7 Å². The fourth-order valence-electron chi connectivity index (χ4n) is 2.19. The summed E-state index contributed by atoms with van der Waals surface area (Å²) in [7, 11) is 0. The molecule has 0 radical (unpaired) electrons. The SMILES string of the molecule is NC(=O)OC1CCCC(Nc2nc(Cl)ncc2F)C1. The number of anilines is 1.